The van der Waals surface area contributed by atoms with Gasteiger partial charge < -0.3 is 4.90 Å². The van der Waals surface area contributed by atoms with E-state index in [0.717, 1.165) is 5.92 Å². The Labute approximate surface area is 104 Å². The zero-order valence-electron chi connectivity index (χ0n) is 10.7. The molecule has 1 fully saturated rings. The van der Waals surface area contributed by atoms with Gasteiger partial charge in [0.05, 0.1) is 0 Å². The van der Waals surface area contributed by atoms with Crippen molar-refractivity contribution in [1.29, 1.82) is 0 Å². The van der Waals surface area contributed by atoms with E-state index in [1.54, 1.807) is 0 Å². The van der Waals surface area contributed by atoms with Crippen LogP contribution in [-0.2, 0) is 0 Å². The number of rotatable bonds is 6. The van der Waals surface area contributed by atoms with E-state index < -0.39 is 0 Å². The first-order chi connectivity index (χ1) is 6.99. The molecular formula is C13H26BrN. The standard InChI is InChI=1S/C13H26BrN/c1-11(2)8-15(12(3)4)10-13(9-14)6-5-7-13/h11-12H,5-10H2,1-4H3. The van der Waals surface area contributed by atoms with Crippen LogP contribution in [-0.4, -0.2) is 29.4 Å². The van der Waals surface area contributed by atoms with E-state index >= 15 is 0 Å². The van der Waals surface area contributed by atoms with Crippen LogP contribution in [0.1, 0.15) is 47.0 Å². The summed E-state index contributed by atoms with van der Waals surface area (Å²) < 4.78 is 0. The van der Waals surface area contributed by atoms with Gasteiger partial charge in [0, 0.05) is 24.5 Å². The molecule has 0 atom stereocenters. The first-order valence-corrected chi connectivity index (χ1v) is 7.41. The Hall–Kier alpha value is 0.440. The molecule has 0 saturated heterocycles. The highest BCUT2D eigenvalue weighted by Gasteiger charge is 2.37. The van der Waals surface area contributed by atoms with Gasteiger partial charge in [-0.25, -0.2) is 0 Å². The normalized spacial score (nSPS) is 20.0. The van der Waals surface area contributed by atoms with E-state index in [9.17, 15) is 0 Å². The summed E-state index contributed by atoms with van der Waals surface area (Å²) in [5.41, 5.74) is 0.596. The van der Waals surface area contributed by atoms with E-state index in [4.69, 9.17) is 0 Å². The Kier molecular flexibility index (Phi) is 5.11. The molecule has 0 aromatic heterocycles. The van der Waals surface area contributed by atoms with Gasteiger partial charge in [-0.3, -0.25) is 0 Å². The maximum atomic E-state index is 3.70. The third kappa shape index (κ3) is 3.74. The largest absolute Gasteiger partial charge is 0.300 e. The number of halogens is 1. The monoisotopic (exact) mass is 275 g/mol. The number of alkyl halides is 1. The summed E-state index contributed by atoms with van der Waals surface area (Å²) in [4.78, 5) is 2.66. The van der Waals surface area contributed by atoms with E-state index in [1.165, 1.54) is 37.7 Å². The smallest absolute Gasteiger partial charge is 0.0100 e. The van der Waals surface area contributed by atoms with Crippen molar-refractivity contribution in [3.63, 3.8) is 0 Å². The summed E-state index contributed by atoms with van der Waals surface area (Å²) >= 11 is 3.70. The topological polar surface area (TPSA) is 3.24 Å². The lowest BCUT2D eigenvalue weighted by atomic mass is 9.70. The SMILES string of the molecule is CC(C)CN(CC1(CBr)CCC1)C(C)C. The highest BCUT2D eigenvalue weighted by molar-refractivity contribution is 9.09. The molecular weight excluding hydrogens is 250 g/mol. The lowest BCUT2D eigenvalue weighted by Gasteiger charge is -2.45. The van der Waals surface area contributed by atoms with E-state index in [2.05, 4.69) is 48.5 Å². The van der Waals surface area contributed by atoms with Crippen molar-refractivity contribution < 1.29 is 0 Å². The van der Waals surface area contributed by atoms with Crippen molar-refractivity contribution in [2.24, 2.45) is 11.3 Å². The van der Waals surface area contributed by atoms with Crippen LogP contribution in [0.4, 0.5) is 0 Å². The Balaban J connectivity index is 2.49. The molecule has 0 spiro atoms. The van der Waals surface area contributed by atoms with Gasteiger partial charge in [-0.15, -0.1) is 0 Å². The molecule has 0 amide bonds. The number of hydrogen-bond donors (Lipinski definition) is 0. The highest BCUT2D eigenvalue weighted by atomic mass is 79.9. The second-order valence-corrected chi connectivity index (χ2v) is 6.46. The second-order valence-electron chi connectivity index (χ2n) is 5.90. The quantitative estimate of drug-likeness (QED) is 0.665. The summed E-state index contributed by atoms with van der Waals surface area (Å²) in [6.07, 6.45) is 4.26. The van der Waals surface area contributed by atoms with Crippen LogP contribution in [0.3, 0.4) is 0 Å². The molecule has 0 bridgehead atoms. The summed E-state index contributed by atoms with van der Waals surface area (Å²) in [5.74, 6) is 0.778. The summed E-state index contributed by atoms with van der Waals surface area (Å²) in [7, 11) is 0. The molecule has 0 radical (unpaired) electrons. The minimum atomic E-state index is 0.596. The lowest BCUT2D eigenvalue weighted by Crippen LogP contribution is -2.47. The van der Waals surface area contributed by atoms with Crippen LogP contribution in [0.2, 0.25) is 0 Å². The molecule has 1 aliphatic carbocycles. The average molecular weight is 276 g/mol. The molecule has 0 aromatic rings. The predicted molar refractivity (Wildman–Crippen MR) is 71.6 cm³/mol. The Morgan fingerprint density at radius 2 is 1.80 bits per heavy atom. The summed E-state index contributed by atoms with van der Waals surface area (Å²) in [5, 5.41) is 1.18. The third-order valence-corrected chi connectivity index (χ3v) is 4.76. The van der Waals surface area contributed by atoms with Crippen molar-refractivity contribution in [1.82, 2.24) is 4.90 Å². The van der Waals surface area contributed by atoms with Gasteiger partial charge in [0.15, 0.2) is 0 Å². The van der Waals surface area contributed by atoms with Crippen molar-refractivity contribution in [2.75, 3.05) is 18.4 Å². The van der Waals surface area contributed by atoms with Gasteiger partial charge in [-0.1, -0.05) is 36.2 Å². The molecule has 0 aliphatic heterocycles. The molecule has 1 saturated carbocycles. The molecule has 2 heteroatoms. The van der Waals surface area contributed by atoms with Crippen LogP contribution >= 0.6 is 15.9 Å². The van der Waals surface area contributed by atoms with Gasteiger partial charge in [0.2, 0.25) is 0 Å². The Bertz CT molecular complexity index is 179. The molecule has 1 nitrogen and oxygen atoms in total. The molecule has 0 N–H and O–H groups in total. The van der Waals surface area contributed by atoms with E-state index in [-0.39, 0.29) is 0 Å². The van der Waals surface area contributed by atoms with Gasteiger partial charge in [-0.2, -0.15) is 0 Å². The minimum absolute atomic E-state index is 0.596. The van der Waals surface area contributed by atoms with Crippen molar-refractivity contribution in [3.8, 4) is 0 Å². The fourth-order valence-corrected chi connectivity index (χ4v) is 3.11. The molecule has 1 aliphatic rings. The van der Waals surface area contributed by atoms with Crippen molar-refractivity contribution in [2.45, 2.75) is 53.0 Å². The zero-order chi connectivity index (χ0) is 11.5. The van der Waals surface area contributed by atoms with Gasteiger partial charge in [-0.05, 0) is 38.0 Å². The van der Waals surface area contributed by atoms with Crippen LogP contribution in [0.5, 0.6) is 0 Å². The molecule has 90 valence electrons. The fraction of sp³-hybridized carbons (Fsp3) is 1.00. The molecule has 1 rings (SSSR count). The van der Waals surface area contributed by atoms with Crippen molar-refractivity contribution in [3.05, 3.63) is 0 Å². The Morgan fingerprint density at radius 1 is 1.20 bits per heavy atom. The molecule has 15 heavy (non-hydrogen) atoms. The third-order valence-electron chi connectivity index (χ3n) is 3.57. The first-order valence-electron chi connectivity index (χ1n) is 6.29. The zero-order valence-corrected chi connectivity index (χ0v) is 12.3. The second kappa shape index (κ2) is 5.67. The van der Waals surface area contributed by atoms with E-state index in [0.29, 0.717) is 11.5 Å². The summed E-state index contributed by atoms with van der Waals surface area (Å²) in [6.45, 7) is 11.8. The average Bonchev–Trinajstić information content (AvgIpc) is 2.08. The summed E-state index contributed by atoms with van der Waals surface area (Å²) in [6, 6.07) is 0.684. The van der Waals surface area contributed by atoms with Crippen LogP contribution in [0.15, 0.2) is 0 Å². The molecule has 0 unspecified atom stereocenters. The van der Waals surface area contributed by atoms with Crippen LogP contribution in [0.25, 0.3) is 0 Å². The van der Waals surface area contributed by atoms with E-state index in [1.807, 2.05) is 0 Å². The fourth-order valence-electron chi connectivity index (χ4n) is 2.37. The molecule has 0 aromatic carbocycles. The first kappa shape index (κ1) is 13.5. The minimum Gasteiger partial charge on any atom is -0.300 e. The maximum absolute atomic E-state index is 3.70. The van der Waals surface area contributed by atoms with Crippen molar-refractivity contribution >= 4 is 15.9 Å². The van der Waals surface area contributed by atoms with Crippen LogP contribution in [0, 0.1) is 11.3 Å². The number of nitrogens with zero attached hydrogens (tertiary/aromatic N) is 1. The predicted octanol–water partition coefficient (Wildman–Crippen LogP) is 3.92. The van der Waals surface area contributed by atoms with Crippen LogP contribution < -0.4 is 0 Å². The van der Waals surface area contributed by atoms with Gasteiger partial charge in [0.25, 0.3) is 0 Å². The highest BCUT2D eigenvalue weighted by Crippen LogP contribution is 2.43. The van der Waals surface area contributed by atoms with Gasteiger partial charge in [0.1, 0.15) is 0 Å². The lowest BCUT2D eigenvalue weighted by molar-refractivity contribution is 0.0658. The number of hydrogen-bond acceptors (Lipinski definition) is 1. The van der Waals surface area contributed by atoms with Gasteiger partial charge >= 0.3 is 0 Å². The Morgan fingerprint density at radius 3 is 2.07 bits per heavy atom. The molecule has 0 heterocycles. The maximum Gasteiger partial charge on any atom is 0.0100 e.